The second kappa shape index (κ2) is 7.45. The van der Waals surface area contributed by atoms with Gasteiger partial charge in [-0.15, -0.1) is 0 Å². The average Bonchev–Trinajstić information content (AvgIpc) is 2.93. The molecular weight excluding hydrogens is 402 g/mol. The number of nitrogens with zero attached hydrogens (tertiary/aromatic N) is 1. The molecule has 1 aromatic heterocycles. The Bertz CT molecular complexity index is 859. The summed E-state index contributed by atoms with van der Waals surface area (Å²) in [5, 5.41) is 3.69. The molecule has 0 fully saturated rings. The highest BCUT2D eigenvalue weighted by Gasteiger charge is 2.24. The number of methoxy groups -OCH3 is 1. The Hall–Kier alpha value is -1.71. The second-order valence-corrected chi connectivity index (χ2v) is 7.80. The summed E-state index contributed by atoms with van der Waals surface area (Å²) in [5.74, 6) is 0.162. The lowest BCUT2D eigenvalue weighted by Crippen LogP contribution is -2.11. The van der Waals surface area contributed by atoms with Gasteiger partial charge in [0.25, 0.3) is 0 Å². The van der Waals surface area contributed by atoms with Crippen molar-refractivity contribution < 1.29 is 27.2 Å². The quantitative estimate of drug-likeness (QED) is 0.503. The molecule has 9 heteroatoms. The van der Waals surface area contributed by atoms with Gasteiger partial charge in [-0.1, -0.05) is 5.16 Å². The number of hydrogen-bond acceptors (Lipinski definition) is 7. The molecule has 130 valence electrons. The number of rotatable bonds is 7. The lowest BCUT2D eigenvalue weighted by molar-refractivity contribution is 0.102. The Kier molecular flexibility index (Phi) is 5.79. The first-order valence-corrected chi connectivity index (χ1v) is 9.56. The molecule has 0 aliphatic rings. The topological polar surface area (TPSA) is 95.7 Å². The molecule has 1 aromatic carbocycles. The SMILES string of the molecule is COCCOc1c(S(C)(=O)=O)ccc(C(=O)c2cc(C)on2)c1Br. The summed E-state index contributed by atoms with van der Waals surface area (Å²) in [7, 11) is -2.03. The van der Waals surface area contributed by atoms with Gasteiger partial charge >= 0.3 is 0 Å². The number of ether oxygens (including phenoxy) is 2. The molecule has 0 N–H and O–H groups in total. The lowest BCUT2D eigenvalue weighted by atomic mass is 10.1. The molecule has 7 nitrogen and oxygen atoms in total. The van der Waals surface area contributed by atoms with Gasteiger partial charge in [-0.2, -0.15) is 0 Å². The molecular formula is C15H16BrNO6S. The van der Waals surface area contributed by atoms with Crippen LogP contribution in [0.3, 0.4) is 0 Å². The Morgan fingerprint density at radius 1 is 1.33 bits per heavy atom. The highest BCUT2D eigenvalue weighted by Crippen LogP contribution is 2.36. The Morgan fingerprint density at radius 2 is 2.04 bits per heavy atom. The van der Waals surface area contributed by atoms with E-state index >= 15 is 0 Å². The highest BCUT2D eigenvalue weighted by atomic mass is 79.9. The standard InChI is InChI=1S/C15H16BrNO6S/c1-9-8-11(17-23-9)14(18)10-4-5-12(24(3,19)20)15(13(10)16)22-7-6-21-2/h4-5,8H,6-7H2,1-3H3. The summed E-state index contributed by atoms with van der Waals surface area (Å²) in [6.07, 6.45) is 1.07. The van der Waals surface area contributed by atoms with Crippen molar-refractivity contribution in [2.45, 2.75) is 11.8 Å². The normalized spacial score (nSPS) is 11.5. The van der Waals surface area contributed by atoms with E-state index in [-0.39, 0.29) is 39.6 Å². The van der Waals surface area contributed by atoms with E-state index in [1.54, 1.807) is 6.92 Å². The zero-order chi connectivity index (χ0) is 17.9. The van der Waals surface area contributed by atoms with E-state index in [0.29, 0.717) is 5.76 Å². The van der Waals surface area contributed by atoms with Crippen molar-refractivity contribution in [1.29, 1.82) is 0 Å². The van der Waals surface area contributed by atoms with Crippen LogP contribution in [-0.2, 0) is 14.6 Å². The van der Waals surface area contributed by atoms with Crippen LogP contribution < -0.4 is 4.74 Å². The van der Waals surface area contributed by atoms with Crippen molar-refractivity contribution in [3.05, 3.63) is 39.7 Å². The predicted molar refractivity (Wildman–Crippen MR) is 89.3 cm³/mol. The number of carbonyl (C=O) groups excluding carboxylic acids is 1. The van der Waals surface area contributed by atoms with E-state index in [0.717, 1.165) is 6.26 Å². The Balaban J connectivity index is 2.51. The van der Waals surface area contributed by atoms with Gasteiger partial charge in [-0.25, -0.2) is 8.42 Å². The summed E-state index contributed by atoms with van der Waals surface area (Å²) >= 11 is 3.27. The molecule has 0 atom stereocenters. The highest BCUT2D eigenvalue weighted by molar-refractivity contribution is 9.10. The number of halogens is 1. The maximum absolute atomic E-state index is 12.5. The van der Waals surface area contributed by atoms with Crippen molar-refractivity contribution in [1.82, 2.24) is 5.16 Å². The van der Waals surface area contributed by atoms with E-state index < -0.39 is 15.6 Å². The van der Waals surface area contributed by atoms with Crippen LogP contribution in [0.4, 0.5) is 0 Å². The number of ketones is 1. The van der Waals surface area contributed by atoms with Crippen LogP contribution in [0.1, 0.15) is 21.8 Å². The molecule has 0 bridgehead atoms. The zero-order valence-electron chi connectivity index (χ0n) is 13.3. The maximum Gasteiger partial charge on any atom is 0.216 e. The van der Waals surface area contributed by atoms with Crippen molar-refractivity contribution in [2.24, 2.45) is 0 Å². The smallest absolute Gasteiger partial charge is 0.216 e. The van der Waals surface area contributed by atoms with Crippen LogP contribution in [0.25, 0.3) is 0 Å². The zero-order valence-corrected chi connectivity index (χ0v) is 15.7. The van der Waals surface area contributed by atoms with Crippen molar-refractivity contribution >= 4 is 31.6 Å². The van der Waals surface area contributed by atoms with Gasteiger partial charge in [0.05, 0.1) is 11.1 Å². The molecule has 2 rings (SSSR count). The number of carbonyl (C=O) groups is 1. The maximum atomic E-state index is 12.5. The molecule has 2 aromatic rings. The number of sulfone groups is 1. The summed E-state index contributed by atoms with van der Waals surface area (Å²) < 4.78 is 39.5. The molecule has 0 aliphatic heterocycles. The molecule has 0 amide bonds. The van der Waals surface area contributed by atoms with Gasteiger partial charge in [-0.05, 0) is 35.0 Å². The number of hydrogen-bond donors (Lipinski definition) is 0. The average molecular weight is 418 g/mol. The monoisotopic (exact) mass is 417 g/mol. The molecule has 0 saturated carbocycles. The van der Waals surface area contributed by atoms with E-state index in [1.807, 2.05) is 0 Å². The fourth-order valence-corrected chi connectivity index (χ4v) is 3.56. The third kappa shape index (κ3) is 4.03. The van der Waals surface area contributed by atoms with Crippen LogP contribution in [0.15, 0.2) is 32.1 Å². The Morgan fingerprint density at radius 3 is 2.58 bits per heavy atom. The van der Waals surface area contributed by atoms with E-state index in [9.17, 15) is 13.2 Å². The van der Waals surface area contributed by atoms with Crippen LogP contribution in [-0.4, -0.2) is 45.9 Å². The molecule has 1 heterocycles. The van der Waals surface area contributed by atoms with E-state index in [4.69, 9.17) is 14.0 Å². The summed E-state index contributed by atoms with van der Waals surface area (Å²) in [6, 6.07) is 4.25. The molecule has 0 spiro atoms. The fourth-order valence-electron chi connectivity index (χ4n) is 1.98. The fraction of sp³-hybridized carbons (Fsp3) is 0.333. The molecule has 24 heavy (non-hydrogen) atoms. The van der Waals surface area contributed by atoms with Crippen LogP contribution >= 0.6 is 15.9 Å². The minimum absolute atomic E-state index is 0.0154. The van der Waals surface area contributed by atoms with E-state index in [2.05, 4.69) is 21.1 Å². The largest absolute Gasteiger partial charge is 0.489 e. The molecule has 0 unspecified atom stereocenters. The molecule has 0 saturated heterocycles. The predicted octanol–water partition coefficient (Wildman–Crippen LogP) is 2.41. The van der Waals surface area contributed by atoms with Gasteiger partial charge in [0.15, 0.2) is 21.3 Å². The Labute approximate surface area is 148 Å². The van der Waals surface area contributed by atoms with Gasteiger partial charge in [-0.3, -0.25) is 4.79 Å². The first-order chi connectivity index (χ1) is 11.3. The van der Waals surface area contributed by atoms with Gasteiger partial charge in [0.2, 0.25) is 5.78 Å². The second-order valence-electron chi connectivity index (χ2n) is 5.02. The third-order valence-electron chi connectivity index (χ3n) is 3.10. The van der Waals surface area contributed by atoms with Gasteiger partial charge in [0, 0.05) is 25.0 Å². The van der Waals surface area contributed by atoms with Crippen molar-refractivity contribution in [3.8, 4) is 5.75 Å². The first-order valence-electron chi connectivity index (χ1n) is 6.88. The van der Waals surface area contributed by atoms with Crippen molar-refractivity contribution in [3.63, 3.8) is 0 Å². The summed E-state index contributed by atoms with van der Waals surface area (Å²) in [4.78, 5) is 12.5. The van der Waals surface area contributed by atoms with Gasteiger partial charge < -0.3 is 14.0 Å². The van der Waals surface area contributed by atoms with Crippen LogP contribution in [0.2, 0.25) is 0 Å². The number of aryl methyl sites for hydroxylation is 1. The van der Waals surface area contributed by atoms with Crippen LogP contribution in [0.5, 0.6) is 5.75 Å². The number of benzene rings is 1. The summed E-state index contributed by atoms with van der Waals surface area (Å²) in [5.41, 5.74) is 0.353. The molecule has 0 radical (unpaired) electrons. The third-order valence-corrected chi connectivity index (χ3v) is 5.01. The van der Waals surface area contributed by atoms with E-state index in [1.165, 1.54) is 25.3 Å². The number of aromatic nitrogens is 1. The molecule has 0 aliphatic carbocycles. The first kappa shape index (κ1) is 18.6. The van der Waals surface area contributed by atoms with Crippen LogP contribution in [0, 0.1) is 6.92 Å². The minimum Gasteiger partial charge on any atom is -0.489 e. The lowest BCUT2D eigenvalue weighted by Gasteiger charge is -2.14. The minimum atomic E-state index is -3.54. The summed E-state index contributed by atoms with van der Waals surface area (Å²) in [6.45, 7) is 2.08. The van der Waals surface area contributed by atoms with Crippen molar-refractivity contribution in [2.75, 3.05) is 26.6 Å². The van der Waals surface area contributed by atoms with Gasteiger partial charge in [0.1, 0.15) is 17.3 Å².